The van der Waals surface area contributed by atoms with Crippen molar-refractivity contribution in [1.82, 2.24) is 26.1 Å². The van der Waals surface area contributed by atoms with Crippen LogP contribution in [0.15, 0.2) is 182 Å². The van der Waals surface area contributed by atoms with Gasteiger partial charge in [-0.25, -0.2) is 0 Å². The Bertz CT molecular complexity index is 3880. The first kappa shape index (κ1) is 115. The molecule has 0 saturated heterocycles. The van der Waals surface area contributed by atoms with Crippen molar-refractivity contribution in [2.45, 2.75) is 149 Å². The quantitative estimate of drug-likeness (QED) is 0.00250. The third-order valence-electron chi connectivity index (χ3n) is 18.5. The maximum atomic E-state index is 13.9. The molecule has 0 saturated carbocycles. The zero-order chi connectivity index (χ0) is 76.4. The second kappa shape index (κ2) is 64.9. The number of nitrogens with zero attached hydrogens (tertiary/aromatic N) is 4. The number of Topliss-reactive ketones (excluding diaryl/α,β-unsaturated/α-hetero) is 2. The summed E-state index contributed by atoms with van der Waals surface area (Å²) in [5, 5.41) is 42.0. The Morgan fingerprint density at radius 2 is 1.07 bits per heavy atom. The Balaban J connectivity index is -0.000000860. The number of pyridine rings is 2. The number of hydrogen-bond donors (Lipinski definition) is 10. The fourth-order valence-corrected chi connectivity index (χ4v) is 12.9. The van der Waals surface area contributed by atoms with Gasteiger partial charge < -0.3 is 136 Å². The van der Waals surface area contributed by atoms with E-state index in [1.807, 2.05) is 103 Å². The van der Waals surface area contributed by atoms with Gasteiger partial charge in [-0.15, -0.1) is 0 Å². The minimum absolute atomic E-state index is 0. The molecule has 1 radical (unpaired) electrons. The average molecular weight is 2000 g/mol. The van der Waals surface area contributed by atoms with E-state index in [1.165, 1.54) is 22.3 Å². The molecule has 624 valence electrons. The van der Waals surface area contributed by atoms with Gasteiger partial charge in [0, 0.05) is 78.3 Å². The molecule has 8 rings (SSSR count). The van der Waals surface area contributed by atoms with Crippen molar-refractivity contribution in [2.24, 2.45) is 17.2 Å². The van der Waals surface area contributed by atoms with Gasteiger partial charge in [-0.05, 0) is 125 Å². The number of alkyl halides is 1. The van der Waals surface area contributed by atoms with Crippen LogP contribution in [0.25, 0.3) is 21.8 Å². The third kappa shape index (κ3) is 45.7. The molecule has 2 amide bonds. The molecule has 13 N–H and O–H groups in total. The number of quaternary nitrogens is 2. The molecule has 5 atom stereocenters. The van der Waals surface area contributed by atoms with Crippen LogP contribution in [0, 0.1) is 19.3 Å². The van der Waals surface area contributed by atoms with Crippen LogP contribution >= 0.6 is 55.9 Å². The number of fused-ring (bicyclic) bond motifs is 2. The fourth-order valence-electron chi connectivity index (χ4n) is 12.5. The number of nitrogens with two attached hydrogens (primary N) is 3. The van der Waals surface area contributed by atoms with Crippen LogP contribution in [0.2, 0.25) is 20.0 Å². The number of amides is 2. The molecule has 0 spiro atoms. The topological polar surface area (TPSA) is 285 Å². The second-order valence-corrected chi connectivity index (χ2v) is 39.8. The van der Waals surface area contributed by atoms with Crippen molar-refractivity contribution >= 4 is 129 Å². The van der Waals surface area contributed by atoms with Crippen molar-refractivity contribution in [3.8, 4) is 0 Å². The molecule has 0 aliphatic rings. The predicted octanol–water partition coefficient (Wildman–Crippen LogP) is -6.74. The van der Waals surface area contributed by atoms with Gasteiger partial charge in [0.2, 0.25) is 17.3 Å². The number of likely N-dealkylation sites (N-methyl/N-ethyl adjacent to an activating group) is 2. The van der Waals surface area contributed by atoms with Crippen LogP contribution in [0.4, 0.5) is 0 Å². The Labute approximate surface area is 750 Å². The number of ketones is 2. The molecule has 0 aliphatic carbocycles. The number of halogens is 9. The van der Waals surface area contributed by atoms with E-state index in [1.54, 1.807) is 27.3 Å². The van der Waals surface area contributed by atoms with Crippen LogP contribution in [0.1, 0.15) is 97.9 Å². The summed E-state index contributed by atoms with van der Waals surface area (Å²) in [6.07, 6.45) is 10.3. The molecule has 32 heteroatoms. The van der Waals surface area contributed by atoms with E-state index in [2.05, 4.69) is 187 Å². The first-order valence-electron chi connectivity index (χ1n) is 36.2. The molecule has 1 unspecified atom stereocenters. The van der Waals surface area contributed by atoms with Gasteiger partial charge in [0.15, 0.2) is 24.3 Å². The number of benzene rings is 6. The van der Waals surface area contributed by atoms with Gasteiger partial charge in [0.1, 0.15) is 6.40 Å². The molecule has 19 nitrogen and oxygen atoms in total. The van der Waals surface area contributed by atoms with E-state index >= 15 is 0 Å². The van der Waals surface area contributed by atoms with Crippen LogP contribution in [0.3, 0.4) is 0 Å². The Morgan fingerprint density at radius 3 is 1.58 bits per heavy atom. The number of para-hydroxylation sites is 2. The number of aryl methyl sites for hydroxylation is 4. The minimum atomic E-state index is -0.920. The van der Waals surface area contributed by atoms with Gasteiger partial charge >= 0.3 is 71.0 Å². The summed E-state index contributed by atoms with van der Waals surface area (Å²) < 4.78 is 8.60. The van der Waals surface area contributed by atoms with Crippen LogP contribution in [-0.2, 0) is 70.9 Å². The Kier molecular flexibility index (Phi) is 66.2. The molecule has 6 aromatic carbocycles. The number of carbonyl (C=O) groups is 4. The van der Waals surface area contributed by atoms with Crippen molar-refractivity contribution < 1.29 is 131 Å². The molecule has 0 bridgehead atoms. The number of aromatic nitrogens is 2. The summed E-state index contributed by atoms with van der Waals surface area (Å²) in [6.45, 7) is 14.6. The van der Waals surface area contributed by atoms with Crippen LogP contribution in [0.5, 0.6) is 0 Å². The summed E-state index contributed by atoms with van der Waals surface area (Å²) >= 11 is 8.12. The van der Waals surface area contributed by atoms with E-state index < -0.39 is 38.3 Å². The molecule has 113 heavy (non-hydrogen) atoms. The van der Waals surface area contributed by atoms with Crippen molar-refractivity contribution in [2.75, 3.05) is 73.0 Å². The van der Waals surface area contributed by atoms with Crippen LogP contribution < -0.4 is 117 Å². The first-order chi connectivity index (χ1) is 50.5. The second-order valence-electron chi connectivity index (χ2n) is 27.5. The number of nitrogens with one attached hydrogen (secondary N) is 5. The zero-order valence-corrected chi connectivity index (χ0v) is 76.1. The summed E-state index contributed by atoms with van der Waals surface area (Å²) in [4.78, 5) is 59.3. The number of rotatable bonds is 42. The molecule has 8 aromatic rings. The van der Waals surface area contributed by atoms with E-state index in [9.17, 15) is 29.2 Å². The average Bonchev–Trinajstić information content (AvgIpc) is 0.798. The molecule has 0 fully saturated rings. The number of carbonyl (C=O) groups excluding carboxylic acids is 4. The van der Waals surface area contributed by atoms with Gasteiger partial charge in [0.25, 0.3) is 0 Å². The van der Waals surface area contributed by atoms with Gasteiger partial charge in [-0.3, -0.25) is 29.6 Å². The van der Waals surface area contributed by atoms with E-state index in [-0.39, 0.29) is 126 Å². The van der Waals surface area contributed by atoms with Crippen molar-refractivity contribution in [1.29, 1.82) is 5.41 Å². The van der Waals surface area contributed by atoms with E-state index in [4.69, 9.17) is 27.3 Å². The zero-order valence-electron chi connectivity index (χ0n) is 64.3. The molecule has 0 aliphatic heterocycles. The monoisotopic (exact) mass is 2000 g/mol. The van der Waals surface area contributed by atoms with E-state index in [0.29, 0.717) is 91.4 Å². The summed E-state index contributed by atoms with van der Waals surface area (Å²) in [7, 11) is 4.94. The van der Waals surface area contributed by atoms with Crippen LogP contribution in [-0.4, -0.2) is 173 Å². The summed E-state index contributed by atoms with van der Waals surface area (Å²) in [5.74, 6) is -0.734. The summed E-state index contributed by atoms with van der Waals surface area (Å²) in [5.41, 5.74) is 29.0. The maximum absolute atomic E-state index is 13.9. The number of hydrogen-bond acceptors (Lipinski definition) is 14. The SMILES string of the molecule is C.C.CB(O)NCC[N+](C)(CC[B]OC=N)CCC[C@H](NB(C)O)C(=O)N[C@@H](CCc1ccccc1)C(=O)Cc1cnc2ccccc2c1.Cc1ccc(CBr)cc1.Cc1ccc(C[n+]2cc(CC(=O)[C@@H](CCc3ccccc3)NC(=O)[C@@H](N)CCC[N+](C)(CCN)CCN)cc3ccccc32)cc1.[Cl-].[Cl-].[Cl-].[Cl-].[Cl-].[Cl-].[I][V][I]. The standard InChI is InChI=1S/C38H51N6O2.C33H48B3N6O5.C8H9Br.2CH4.6ClH.2HI.V/c1-29-14-16-31(17-15-29)27-43-28-32(25-33-11-6-7-13-36(33)43)26-37(45)35(19-18-30-9-4-3-5-10-30)42-38(46)34(41)12-8-22-44(2,23-20-39)24-21-40;1-35(45)39-18-21-42(3,20-17-34-47-25-37)19-9-14-31(41-36(2)46)33(44)40-30(16-15-26-10-5-4-6-11-26)32(43)23-27-22-28-12-7-8-13-29(28)38-24-27;1-7-2-4-8(6-9)5-3-7;;;;;;;;;;;/h3-7,9-11,13-17,25,28,34-35H,8,12,18-24,26-27,39-41H2,1-2H3;4-8,10-13,22,24-25,30-31,37,39,41,45-46H,9,14-21,23H2,1-3H3;2-5H,6H2,1H3;2*1H4;8*1H;/q+1;;;;;;;;;;;;;+2/p-6/t34-,35+;30-,31-,42?;;;;;;;;;;;;/m00............/s1. The molecule has 2 aromatic heterocycles. The van der Waals surface area contributed by atoms with Gasteiger partial charge in [-0.2, -0.15) is 4.57 Å². The Morgan fingerprint density at radius 1 is 0.602 bits per heavy atom. The predicted molar refractivity (Wildman–Crippen MR) is 461 cm³/mol. The molecular formula is C81H118B3BrCl6I2N12O7V-3. The Hall–Kier alpha value is -4.01. The summed E-state index contributed by atoms with van der Waals surface area (Å²) in [6, 6.07) is 54.2. The normalized spacial score (nSPS) is 11.8. The van der Waals surface area contributed by atoms with Crippen molar-refractivity contribution in [3.05, 3.63) is 227 Å². The first-order valence-corrected chi connectivity index (χ1v) is 46.4. The van der Waals surface area contributed by atoms with Gasteiger partial charge in [-0.1, -0.05) is 181 Å². The third-order valence-corrected chi connectivity index (χ3v) is 19.1. The van der Waals surface area contributed by atoms with Gasteiger partial charge in [0.05, 0.1) is 83.0 Å². The van der Waals surface area contributed by atoms with E-state index in [0.717, 1.165) is 106 Å². The van der Waals surface area contributed by atoms with Crippen molar-refractivity contribution in [3.63, 3.8) is 0 Å². The fraction of sp³-hybridized carbons (Fsp3) is 0.420. The molecule has 2 heterocycles. The molecular weight excluding hydrogens is 1880 g/mol.